The number of nitrogens with zero attached hydrogens (tertiary/aromatic N) is 3. The third-order valence-corrected chi connectivity index (χ3v) is 11.1. The lowest BCUT2D eigenvalue weighted by atomic mass is 10.5. The quantitative estimate of drug-likeness (QED) is 0.395. The SMILES string of the molecule is CCN(CC)P(=S)(c1ccc(/C=N\NC(N)=O)s1)N(CC)CC. The number of urea groups is 1. The maximum absolute atomic E-state index is 10.7. The van der Waals surface area contributed by atoms with Crippen LogP contribution in [0.4, 0.5) is 4.79 Å². The Morgan fingerprint density at radius 3 is 2.22 bits per heavy atom. The summed E-state index contributed by atoms with van der Waals surface area (Å²) in [6.07, 6.45) is -0.377. The van der Waals surface area contributed by atoms with E-state index in [2.05, 4.69) is 53.6 Å². The fourth-order valence-electron chi connectivity index (χ4n) is 2.40. The number of primary amides is 1. The number of rotatable bonds is 9. The van der Waals surface area contributed by atoms with Gasteiger partial charge in [-0.2, -0.15) is 5.10 Å². The third kappa shape index (κ3) is 4.84. The zero-order valence-electron chi connectivity index (χ0n) is 14.2. The number of carbonyl (C=O) groups is 1. The maximum atomic E-state index is 10.7. The number of carbonyl (C=O) groups excluding carboxylic acids is 1. The molecule has 3 N–H and O–H groups in total. The Labute approximate surface area is 147 Å². The molecule has 23 heavy (non-hydrogen) atoms. The van der Waals surface area contributed by atoms with Crippen molar-refractivity contribution in [1.29, 1.82) is 0 Å². The van der Waals surface area contributed by atoms with Crippen LogP contribution in [0.2, 0.25) is 0 Å². The number of hydrogen-bond donors (Lipinski definition) is 2. The molecular weight excluding hydrogens is 349 g/mol. The summed E-state index contributed by atoms with van der Waals surface area (Å²) in [5.74, 6) is 0. The molecule has 130 valence electrons. The number of amides is 2. The predicted octanol–water partition coefficient (Wildman–Crippen LogP) is 2.37. The van der Waals surface area contributed by atoms with Crippen LogP contribution in [0.1, 0.15) is 32.6 Å². The van der Waals surface area contributed by atoms with E-state index in [4.69, 9.17) is 17.5 Å². The highest BCUT2D eigenvalue weighted by Crippen LogP contribution is 2.53. The molecule has 9 heteroatoms. The molecule has 0 aromatic carbocycles. The zero-order valence-corrected chi connectivity index (χ0v) is 16.7. The van der Waals surface area contributed by atoms with Crippen LogP contribution < -0.4 is 15.8 Å². The first kappa shape index (κ1) is 20.3. The van der Waals surface area contributed by atoms with E-state index < -0.39 is 12.4 Å². The van der Waals surface area contributed by atoms with Crippen molar-refractivity contribution in [3.63, 3.8) is 0 Å². The first-order chi connectivity index (χ1) is 10.9. The highest BCUT2D eigenvalue weighted by atomic mass is 32.4. The largest absolute Gasteiger partial charge is 0.350 e. The number of thiophene rings is 1. The normalized spacial score (nSPS) is 12.4. The first-order valence-electron chi connectivity index (χ1n) is 7.73. The molecule has 0 aliphatic heterocycles. The third-order valence-electron chi connectivity index (χ3n) is 3.49. The lowest BCUT2D eigenvalue weighted by Gasteiger charge is -2.40. The molecule has 0 saturated carbocycles. The topological polar surface area (TPSA) is 74.0 Å². The standard InChI is InChI=1S/C14H26N5OPS2/c1-5-18(6-2)21(22,19(7-3)8-4)13-10-9-12(23-13)11-16-17-14(15)20/h9-11H,5-8H2,1-4H3,(H3,15,17,20)/b16-11-. The van der Waals surface area contributed by atoms with Crippen molar-refractivity contribution < 1.29 is 4.79 Å². The van der Waals surface area contributed by atoms with Gasteiger partial charge in [-0.15, -0.1) is 11.3 Å². The van der Waals surface area contributed by atoms with Crippen LogP contribution in [0, 0.1) is 0 Å². The van der Waals surface area contributed by atoms with Crippen molar-refractivity contribution in [2.45, 2.75) is 27.7 Å². The van der Waals surface area contributed by atoms with Gasteiger partial charge in [-0.05, 0) is 12.1 Å². The number of nitrogens with two attached hydrogens (primary N) is 1. The van der Waals surface area contributed by atoms with Gasteiger partial charge < -0.3 is 5.73 Å². The molecule has 1 rings (SSSR count). The minimum absolute atomic E-state index is 0.672. The van der Waals surface area contributed by atoms with Crippen molar-refractivity contribution >= 4 is 46.3 Å². The van der Waals surface area contributed by atoms with Crippen molar-refractivity contribution in [1.82, 2.24) is 14.8 Å². The summed E-state index contributed by atoms with van der Waals surface area (Å²) in [6, 6.07) is 3.41. The van der Waals surface area contributed by atoms with E-state index in [9.17, 15) is 4.79 Å². The Morgan fingerprint density at radius 2 is 1.78 bits per heavy atom. The van der Waals surface area contributed by atoms with Gasteiger partial charge >= 0.3 is 6.03 Å². The minimum atomic E-state index is -1.98. The van der Waals surface area contributed by atoms with Crippen LogP contribution in [-0.2, 0) is 11.8 Å². The Hall–Kier alpha value is -0.790. The van der Waals surface area contributed by atoms with Gasteiger partial charge in [0.05, 0.1) is 10.8 Å². The van der Waals surface area contributed by atoms with Crippen LogP contribution in [0.25, 0.3) is 0 Å². The monoisotopic (exact) mass is 375 g/mol. The highest BCUT2D eigenvalue weighted by Gasteiger charge is 2.32. The maximum Gasteiger partial charge on any atom is 0.332 e. The van der Waals surface area contributed by atoms with E-state index in [0.717, 1.165) is 31.1 Å². The zero-order chi connectivity index (χ0) is 17.5. The van der Waals surface area contributed by atoms with Crippen LogP contribution in [0.3, 0.4) is 0 Å². The van der Waals surface area contributed by atoms with E-state index in [1.54, 1.807) is 17.6 Å². The van der Waals surface area contributed by atoms with E-state index in [-0.39, 0.29) is 0 Å². The van der Waals surface area contributed by atoms with Crippen molar-refractivity contribution in [2.75, 3.05) is 26.2 Å². The molecular formula is C14H26N5OPS2. The average molecular weight is 376 g/mol. The molecule has 2 amide bonds. The van der Waals surface area contributed by atoms with Gasteiger partial charge in [-0.1, -0.05) is 39.5 Å². The van der Waals surface area contributed by atoms with Crippen LogP contribution >= 0.6 is 17.7 Å². The summed E-state index contributed by atoms with van der Waals surface area (Å²) >= 11 is 7.84. The molecule has 0 atom stereocenters. The van der Waals surface area contributed by atoms with E-state index in [1.165, 1.54) is 4.62 Å². The Kier molecular flexibility index (Phi) is 8.36. The minimum Gasteiger partial charge on any atom is -0.350 e. The summed E-state index contributed by atoms with van der Waals surface area (Å²) in [5.41, 5.74) is 7.21. The molecule has 0 aliphatic rings. The van der Waals surface area contributed by atoms with E-state index >= 15 is 0 Å². The molecule has 1 aromatic heterocycles. The first-order valence-corrected chi connectivity index (χ1v) is 11.3. The highest BCUT2D eigenvalue weighted by molar-refractivity contribution is 8.17. The second-order valence-corrected chi connectivity index (χ2v) is 10.4. The molecule has 0 unspecified atom stereocenters. The van der Waals surface area contributed by atoms with Crippen LogP contribution in [-0.4, -0.2) is 47.8 Å². The average Bonchev–Trinajstić information content (AvgIpc) is 2.98. The molecule has 6 nitrogen and oxygen atoms in total. The van der Waals surface area contributed by atoms with Gasteiger partial charge in [0.25, 0.3) is 0 Å². The Bertz CT molecular complexity index is 565. The fourth-order valence-corrected chi connectivity index (χ4v) is 9.12. The lowest BCUT2D eigenvalue weighted by Crippen LogP contribution is -2.36. The van der Waals surface area contributed by atoms with E-state index in [0.29, 0.717) is 0 Å². The molecule has 1 aromatic rings. The molecule has 0 saturated heterocycles. The van der Waals surface area contributed by atoms with Gasteiger partial charge in [0.2, 0.25) is 0 Å². The smallest absolute Gasteiger partial charge is 0.332 e. The summed E-state index contributed by atoms with van der Waals surface area (Å²) in [5, 5.41) is 3.82. The Morgan fingerprint density at radius 1 is 1.26 bits per heavy atom. The fraction of sp³-hybridized carbons (Fsp3) is 0.571. The van der Waals surface area contributed by atoms with Gasteiger partial charge in [-0.25, -0.2) is 10.2 Å². The lowest BCUT2D eigenvalue weighted by molar-refractivity contribution is 0.249. The van der Waals surface area contributed by atoms with Gasteiger partial charge in [0.15, 0.2) is 0 Å². The van der Waals surface area contributed by atoms with Crippen molar-refractivity contribution in [2.24, 2.45) is 10.8 Å². The molecule has 0 aliphatic carbocycles. The van der Waals surface area contributed by atoms with Crippen LogP contribution in [0.15, 0.2) is 17.2 Å². The van der Waals surface area contributed by atoms with Crippen molar-refractivity contribution in [3.8, 4) is 0 Å². The number of hydrogen-bond acceptors (Lipinski definition) is 4. The second-order valence-electron chi connectivity index (χ2n) is 4.73. The van der Waals surface area contributed by atoms with Crippen LogP contribution in [0.5, 0.6) is 0 Å². The molecule has 0 spiro atoms. The molecule has 0 bridgehead atoms. The van der Waals surface area contributed by atoms with Crippen molar-refractivity contribution in [3.05, 3.63) is 17.0 Å². The summed E-state index contributed by atoms with van der Waals surface area (Å²) in [4.78, 5) is 11.6. The Balaban J connectivity index is 3.18. The summed E-state index contributed by atoms with van der Waals surface area (Å²) < 4.78 is 5.98. The molecule has 1 heterocycles. The van der Waals surface area contributed by atoms with Gasteiger partial charge in [0.1, 0.15) is 6.34 Å². The molecule has 0 fully saturated rings. The second kappa shape index (κ2) is 9.49. The van der Waals surface area contributed by atoms with Gasteiger partial charge in [-0.3, -0.25) is 9.34 Å². The number of hydrazone groups is 1. The van der Waals surface area contributed by atoms with E-state index in [1.807, 2.05) is 6.07 Å². The predicted molar refractivity (Wildman–Crippen MR) is 104 cm³/mol. The summed E-state index contributed by atoms with van der Waals surface area (Å²) in [7, 11) is 0. The molecule has 0 radical (unpaired) electrons. The number of nitrogens with one attached hydrogen (secondary N) is 1. The van der Waals surface area contributed by atoms with Gasteiger partial charge in [0, 0.05) is 31.1 Å². The summed E-state index contributed by atoms with van der Waals surface area (Å²) in [6.45, 7) is 12.3.